The molecule has 1 aromatic heterocycles. The Morgan fingerprint density at radius 3 is 2.38 bits per heavy atom. The van der Waals surface area contributed by atoms with Crippen molar-refractivity contribution < 1.29 is 22.7 Å². The van der Waals surface area contributed by atoms with Gasteiger partial charge in [0.15, 0.2) is 0 Å². The van der Waals surface area contributed by atoms with Crippen LogP contribution in [0.1, 0.15) is 21.7 Å². The molecule has 3 rings (SSSR count). The molecule has 0 unspecified atom stereocenters. The predicted molar refractivity (Wildman–Crippen MR) is 91.8 cm³/mol. The zero-order chi connectivity index (χ0) is 18.4. The second-order valence-corrected chi connectivity index (χ2v) is 5.60. The second-order valence-electron chi connectivity index (χ2n) is 5.60. The standard InChI is InChI=1S/C20H17F2NO3/c21-20(22)26-18-11-5-4-10-17(18)19(24)23(14-16-9-6-12-25-16)13-15-7-2-1-3-8-15/h1-12,20H,13-14H2. The largest absolute Gasteiger partial charge is 0.467 e. The fourth-order valence-electron chi connectivity index (χ4n) is 2.61. The summed E-state index contributed by atoms with van der Waals surface area (Å²) in [5, 5.41) is 0. The van der Waals surface area contributed by atoms with Crippen molar-refractivity contribution >= 4 is 5.91 Å². The molecule has 0 radical (unpaired) electrons. The van der Waals surface area contributed by atoms with Crippen LogP contribution >= 0.6 is 0 Å². The number of hydrogen-bond donors (Lipinski definition) is 0. The third kappa shape index (κ3) is 4.47. The summed E-state index contributed by atoms with van der Waals surface area (Å²) in [7, 11) is 0. The molecule has 3 aromatic rings. The van der Waals surface area contributed by atoms with E-state index in [-0.39, 0.29) is 17.9 Å². The Hall–Kier alpha value is -3.15. The summed E-state index contributed by atoms with van der Waals surface area (Å²) in [5.74, 6) is 0.0352. The number of para-hydroxylation sites is 1. The molecule has 0 aliphatic heterocycles. The van der Waals surface area contributed by atoms with E-state index in [2.05, 4.69) is 4.74 Å². The number of benzene rings is 2. The molecule has 134 valence electrons. The van der Waals surface area contributed by atoms with E-state index >= 15 is 0 Å². The molecule has 0 saturated heterocycles. The number of furan rings is 1. The smallest absolute Gasteiger partial charge is 0.387 e. The van der Waals surface area contributed by atoms with Crippen molar-refractivity contribution in [3.8, 4) is 5.75 Å². The van der Waals surface area contributed by atoms with E-state index in [0.29, 0.717) is 12.3 Å². The lowest BCUT2D eigenvalue weighted by atomic mass is 10.1. The van der Waals surface area contributed by atoms with Crippen molar-refractivity contribution in [3.63, 3.8) is 0 Å². The first-order valence-corrected chi connectivity index (χ1v) is 8.03. The molecule has 26 heavy (non-hydrogen) atoms. The number of rotatable bonds is 7. The SMILES string of the molecule is O=C(c1ccccc1OC(F)F)N(Cc1ccccc1)Cc1ccco1. The van der Waals surface area contributed by atoms with Gasteiger partial charge in [-0.05, 0) is 29.8 Å². The van der Waals surface area contributed by atoms with E-state index in [1.165, 1.54) is 23.3 Å². The van der Waals surface area contributed by atoms with Crippen LogP contribution in [0.15, 0.2) is 77.4 Å². The molecular weight excluding hydrogens is 340 g/mol. The summed E-state index contributed by atoms with van der Waals surface area (Å²) in [6, 6.07) is 18.9. The number of ether oxygens (including phenoxy) is 1. The van der Waals surface area contributed by atoms with Gasteiger partial charge >= 0.3 is 6.61 Å². The molecule has 0 saturated carbocycles. The van der Waals surface area contributed by atoms with E-state index in [4.69, 9.17) is 4.42 Å². The molecule has 0 fully saturated rings. The predicted octanol–water partition coefficient (Wildman–Crippen LogP) is 4.72. The summed E-state index contributed by atoms with van der Waals surface area (Å²) in [5.41, 5.74) is 0.995. The van der Waals surface area contributed by atoms with Gasteiger partial charge in [0.2, 0.25) is 0 Å². The van der Waals surface area contributed by atoms with Gasteiger partial charge in [0, 0.05) is 6.54 Å². The monoisotopic (exact) mass is 357 g/mol. The van der Waals surface area contributed by atoms with Gasteiger partial charge in [-0.1, -0.05) is 42.5 Å². The topological polar surface area (TPSA) is 42.7 Å². The summed E-state index contributed by atoms with van der Waals surface area (Å²) in [6.45, 7) is -2.48. The number of hydrogen-bond acceptors (Lipinski definition) is 3. The number of amides is 1. The van der Waals surface area contributed by atoms with E-state index < -0.39 is 12.5 Å². The highest BCUT2D eigenvalue weighted by molar-refractivity contribution is 5.96. The van der Waals surface area contributed by atoms with Crippen molar-refractivity contribution in [2.75, 3.05) is 0 Å². The molecule has 0 aliphatic rings. The van der Waals surface area contributed by atoms with Crippen molar-refractivity contribution in [1.29, 1.82) is 0 Å². The van der Waals surface area contributed by atoms with Crippen molar-refractivity contribution in [2.45, 2.75) is 19.7 Å². The second kappa shape index (κ2) is 8.29. The first-order valence-electron chi connectivity index (χ1n) is 8.03. The van der Waals surface area contributed by atoms with Gasteiger partial charge < -0.3 is 14.1 Å². The summed E-state index contributed by atoms with van der Waals surface area (Å²) < 4.78 is 35.1. The van der Waals surface area contributed by atoms with Gasteiger partial charge in [0.25, 0.3) is 5.91 Å². The van der Waals surface area contributed by atoms with Crippen molar-refractivity contribution in [2.24, 2.45) is 0 Å². The molecule has 0 N–H and O–H groups in total. The molecule has 4 nitrogen and oxygen atoms in total. The fraction of sp³-hybridized carbons (Fsp3) is 0.150. The maximum absolute atomic E-state index is 13.0. The Kier molecular flexibility index (Phi) is 5.63. The normalized spacial score (nSPS) is 10.7. The minimum atomic E-state index is -3.00. The molecule has 0 aliphatic carbocycles. The van der Waals surface area contributed by atoms with Gasteiger partial charge in [0.05, 0.1) is 18.4 Å². The summed E-state index contributed by atoms with van der Waals surface area (Å²) in [4.78, 5) is 14.6. The van der Waals surface area contributed by atoms with Crippen molar-refractivity contribution in [3.05, 3.63) is 89.9 Å². The molecule has 2 aromatic carbocycles. The maximum Gasteiger partial charge on any atom is 0.387 e. The van der Waals surface area contributed by atoms with Gasteiger partial charge in [-0.2, -0.15) is 8.78 Å². The third-order valence-electron chi connectivity index (χ3n) is 3.76. The number of halogens is 2. The Morgan fingerprint density at radius 2 is 1.69 bits per heavy atom. The molecular formula is C20H17F2NO3. The Labute approximate surface area is 149 Å². The van der Waals surface area contributed by atoms with Crippen LogP contribution in [0.4, 0.5) is 8.78 Å². The first kappa shape index (κ1) is 17.7. The van der Waals surface area contributed by atoms with Crippen LogP contribution in [0, 0.1) is 0 Å². The Morgan fingerprint density at radius 1 is 0.962 bits per heavy atom. The van der Waals surface area contributed by atoms with Crippen LogP contribution in [0.3, 0.4) is 0 Å². The quantitative estimate of drug-likeness (QED) is 0.614. The molecule has 6 heteroatoms. The highest BCUT2D eigenvalue weighted by atomic mass is 19.3. The zero-order valence-electron chi connectivity index (χ0n) is 13.8. The molecule has 0 bridgehead atoms. The van der Waals surface area contributed by atoms with Crippen LogP contribution in [0.25, 0.3) is 0 Å². The molecule has 0 atom stereocenters. The number of carbonyl (C=O) groups excluding carboxylic acids is 1. The van der Waals surface area contributed by atoms with Gasteiger partial charge in [-0.25, -0.2) is 0 Å². The van der Waals surface area contributed by atoms with Crippen LogP contribution in [-0.2, 0) is 13.1 Å². The number of carbonyl (C=O) groups is 1. The summed E-state index contributed by atoms with van der Waals surface area (Å²) in [6.07, 6.45) is 1.52. The minimum absolute atomic E-state index is 0.0790. The zero-order valence-corrected chi connectivity index (χ0v) is 13.8. The van der Waals surface area contributed by atoms with E-state index in [1.54, 1.807) is 24.3 Å². The highest BCUT2D eigenvalue weighted by Gasteiger charge is 2.22. The van der Waals surface area contributed by atoms with Crippen molar-refractivity contribution in [1.82, 2.24) is 4.90 Å². The summed E-state index contributed by atoms with van der Waals surface area (Å²) >= 11 is 0. The van der Waals surface area contributed by atoms with Gasteiger partial charge in [0.1, 0.15) is 11.5 Å². The number of alkyl halides is 2. The lowest BCUT2D eigenvalue weighted by Gasteiger charge is -2.23. The lowest BCUT2D eigenvalue weighted by Crippen LogP contribution is -2.30. The molecule has 1 amide bonds. The van der Waals surface area contributed by atoms with Crippen LogP contribution in [0.5, 0.6) is 5.75 Å². The Balaban J connectivity index is 1.89. The van der Waals surface area contributed by atoms with Crippen LogP contribution < -0.4 is 4.74 Å². The molecule has 0 spiro atoms. The van der Waals surface area contributed by atoms with Gasteiger partial charge in [-0.3, -0.25) is 4.79 Å². The highest BCUT2D eigenvalue weighted by Crippen LogP contribution is 2.24. The molecule has 1 heterocycles. The minimum Gasteiger partial charge on any atom is -0.467 e. The maximum atomic E-state index is 13.0. The van der Waals surface area contributed by atoms with E-state index in [1.807, 2.05) is 30.3 Å². The van der Waals surface area contributed by atoms with E-state index in [0.717, 1.165) is 5.56 Å². The average molecular weight is 357 g/mol. The van der Waals surface area contributed by atoms with Gasteiger partial charge in [-0.15, -0.1) is 0 Å². The Bertz CT molecular complexity index is 835. The number of nitrogens with zero attached hydrogens (tertiary/aromatic N) is 1. The van der Waals surface area contributed by atoms with Crippen LogP contribution in [-0.4, -0.2) is 17.4 Å². The van der Waals surface area contributed by atoms with E-state index in [9.17, 15) is 13.6 Å². The first-order chi connectivity index (χ1) is 12.6. The lowest BCUT2D eigenvalue weighted by molar-refractivity contribution is -0.0503. The fourth-order valence-corrected chi connectivity index (χ4v) is 2.61. The average Bonchev–Trinajstić information content (AvgIpc) is 3.15. The third-order valence-corrected chi connectivity index (χ3v) is 3.76. The van der Waals surface area contributed by atoms with Crippen LogP contribution in [0.2, 0.25) is 0 Å².